The van der Waals surface area contributed by atoms with E-state index in [4.69, 9.17) is 11.6 Å². The van der Waals surface area contributed by atoms with Gasteiger partial charge in [0.15, 0.2) is 5.15 Å². The zero-order valence-electron chi connectivity index (χ0n) is 14.7. The van der Waals surface area contributed by atoms with E-state index in [9.17, 15) is 8.78 Å². The lowest BCUT2D eigenvalue weighted by Gasteiger charge is -2.28. The van der Waals surface area contributed by atoms with E-state index < -0.39 is 5.92 Å². The van der Waals surface area contributed by atoms with Crippen LogP contribution in [0.4, 0.5) is 14.5 Å². The molecule has 144 valence electrons. The van der Waals surface area contributed by atoms with E-state index in [1.807, 2.05) is 24.4 Å². The standard InChI is InChI=1S/C19H19BrClF2N3S/c1-11-16(12-4-6-19(22,23)7-5-12)18(20)26-17(11)14(9-15(21)25-26)24-10-13-3-2-8-27-13/h2-3,8-9,12,24H,4-7,10H2,1H3. The topological polar surface area (TPSA) is 29.3 Å². The Kier molecular flexibility index (Phi) is 5.20. The molecule has 1 saturated carbocycles. The first-order valence-corrected chi connectivity index (χ1v) is 10.9. The van der Waals surface area contributed by atoms with Gasteiger partial charge in [0.1, 0.15) is 4.60 Å². The molecule has 1 aliphatic carbocycles. The summed E-state index contributed by atoms with van der Waals surface area (Å²) in [6.45, 7) is 2.73. The summed E-state index contributed by atoms with van der Waals surface area (Å²) in [5.41, 5.74) is 3.97. The molecular weight excluding hydrogens is 456 g/mol. The van der Waals surface area contributed by atoms with Gasteiger partial charge in [-0.15, -0.1) is 11.3 Å². The second kappa shape index (κ2) is 7.33. The number of fused-ring (bicyclic) bond motifs is 1. The smallest absolute Gasteiger partial charge is 0.248 e. The number of nitrogens with zero attached hydrogens (tertiary/aromatic N) is 2. The Morgan fingerprint density at radius 3 is 2.81 bits per heavy atom. The lowest BCUT2D eigenvalue weighted by atomic mass is 9.82. The van der Waals surface area contributed by atoms with Gasteiger partial charge < -0.3 is 5.32 Å². The molecule has 8 heteroatoms. The second-order valence-electron chi connectivity index (χ2n) is 7.03. The van der Waals surface area contributed by atoms with Crippen molar-refractivity contribution in [3.63, 3.8) is 0 Å². The molecule has 3 aromatic rings. The average Bonchev–Trinajstić information content (AvgIpc) is 3.21. The molecule has 0 bridgehead atoms. The van der Waals surface area contributed by atoms with Crippen LogP contribution in [-0.2, 0) is 6.54 Å². The van der Waals surface area contributed by atoms with Gasteiger partial charge in [-0.05, 0) is 64.2 Å². The summed E-state index contributed by atoms with van der Waals surface area (Å²) >= 11 is 11.6. The van der Waals surface area contributed by atoms with Crippen LogP contribution in [-0.4, -0.2) is 15.5 Å². The summed E-state index contributed by atoms with van der Waals surface area (Å²) in [5, 5.41) is 10.3. The molecule has 0 radical (unpaired) electrons. The maximum atomic E-state index is 13.6. The van der Waals surface area contributed by atoms with Crippen LogP contribution in [0, 0.1) is 6.92 Å². The van der Waals surface area contributed by atoms with Gasteiger partial charge >= 0.3 is 0 Å². The fraction of sp³-hybridized carbons (Fsp3) is 0.421. The van der Waals surface area contributed by atoms with Crippen molar-refractivity contribution in [1.29, 1.82) is 0 Å². The first-order chi connectivity index (χ1) is 12.9. The average molecular weight is 475 g/mol. The predicted octanol–water partition coefficient (Wildman–Crippen LogP) is 7.03. The highest BCUT2D eigenvalue weighted by atomic mass is 79.9. The number of nitrogens with one attached hydrogen (secondary N) is 1. The van der Waals surface area contributed by atoms with Crippen LogP contribution in [0.2, 0.25) is 5.15 Å². The van der Waals surface area contributed by atoms with Crippen molar-refractivity contribution in [3.05, 3.63) is 49.3 Å². The number of alkyl halides is 2. The van der Waals surface area contributed by atoms with Crippen molar-refractivity contribution in [3.8, 4) is 0 Å². The molecule has 3 heterocycles. The van der Waals surface area contributed by atoms with Crippen LogP contribution in [0.3, 0.4) is 0 Å². The number of hydrogen-bond donors (Lipinski definition) is 1. The first-order valence-electron chi connectivity index (χ1n) is 8.87. The van der Waals surface area contributed by atoms with Crippen LogP contribution >= 0.6 is 38.9 Å². The molecule has 0 amide bonds. The number of aromatic nitrogens is 2. The minimum absolute atomic E-state index is 0.0621. The van der Waals surface area contributed by atoms with E-state index in [1.165, 1.54) is 4.88 Å². The monoisotopic (exact) mass is 473 g/mol. The zero-order valence-corrected chi connectivity index (χ0v) is 17.9. The largest absolute Gasteiger partial charge is 0.378 e. The third-order valence-electron chi connectivity index (χ3n) is 5.25. The molecular formula is C19H19BrClF2N3S. The molecule has 4 rings (SSSR count). The van der Waals surface area contributed by atoms with Crippen molar-refractivity contribution < 1.29 is 8.78 Å². The molecule has 0 spiro atoms. The van der Waals surface area contributed by atoms with E-state index >= 15 is 0 Å². The molecule has 0 aliphatic heterocycles. The van der Waals surface area contributed by atoms with Gasteiger partial charge in [-0.1, -0.05) is 17.7 Å². The Labute approximate surface area is 173 Å². The molecule has 1 N–H and O–H groups in total. The third-order valence-corrected chi connectivity index (χ3v) is 7.08. The van der Waals surface area contributed by atoms with Gasteiger partial charge in [0.2, 0.25) is 5.92 Å². The highest BCUT2D eigenvalue weighted by Crippen LogP contribution is 2.46. The van der Waals surface area contributed by atoms with Gasteiger partial charge in [-0.25, -0.2) is 13.3 Å². The molecule has 1 aliphatic rings. The van der Waals surface area contributed by atoms with Gasteiger partial charge in [0.25, 0.3) is 0 Å². The van der Waals surface area contributed by atoms with E-state index in [2.05, 4.69) is 32.4 Å². The molecule has 0 saturated heterocycles. The normalized spacial score (nSPS) is 17.5. The van der Waals surface area contributed by atoms with Crippen LogP contribution < -0.4 is 5.32 Å². The number of aryl methyl sites for hydroxylation is 1. The number of anilines is 1. The Balaban J connectivity index is 1.73. The SMILES string of the molecule is Cc1c(C2CCC(F)(F)CC2)c(Br)n2nc(Cl)cc(NCc3cccs3)c12. The van der Waals surface area contributed by atoms with Crippen LogP contribution in [0.5, 0.6) is 0 Å². The number of thiophene rings is 1. The van der Waals surface area contributed by atoms with E-state index in [-0.39, 0.29) is 18.8 Å². The number of hydrogen-bond acceptors (Lipinski definition) is 3. The van der Waals surface area contributed by atoms with Crippen molar-refractivity contribution in [1.82, 2.24) is 9.61 Å². The molecule has 3 aromatic heterocycles. The fourth-order valence-corrected chi connectivity index (χ4v) is 5.62. The minimum atomic E-state index is -2.54. The second-order valence-corrected chi connectivity index (χ2v) is 9.20. The zero-order chi connectivity index (χ0) is 19.2. The Morgan fingerprint density at radius 1 is 1.41 bits per heavy atom. The summed E-state index contributed by atoms with van der Waals surface area (Å²) < 4.78 is 29.8. The van der Waals surface area contributed by atoms with Crippen molar-refractivity contribution >= 4 is 50.1 Å². The minimum Gasteiger partial charge on any atom is -0.378 e. The maximum Gasteiger partial charge on any atom is 0.248 e. The highest BCUT2D eigenvalue weighted by Gasteiger charge is 2.37. The highest BCUT2D eigenvalue weighted by molar-refractivity contribution is 9.10. The van der Waals surface area contributed by atoms with E-state index in [0.717, 1.165) is 26.9 Å². The number of halogens is 4. The Hall–Kier alpha value is -1.18. The predicted molar refractivity (Wildman–Crippen MR) is 110 cm³/mol. The summed E-state index contributed by atoms with van der Waals surface area (Å²) in [5.74, 6) is -2.44. The van der Waals surface area contributed by atoms with Crippen LogP contribution in [0.15, 0.2) is 28.2 Å². The van der Waals surface area contributed by atoms with Gasteiger partial charge in [-0.3, -0.25) is 0 Å². The van der Waals surface area contributed by atoms with E-state index in [1.54, 1.807) is 15.9 Å². The van der Waals surface area contributed by atoms with Crippen LogP contribution in [0.1, 0.15) is 47.6 Å². The van der Waals surface area contributed by atoms with E-state index in [0.29, 0.717) is 24.5 Å². The fourth-order valence-electron chi connectivity index (χ4n) is 3.91. The molecule has 0 aromatic carbocycles. The van der Waals surface area contributed by atoms with Gasteiger partial charge in [0, 0.05) is 30.3 Å². The van der Waals surface area contributed by atoms with Crippen molar-refractivity contribution in [2.45, 2.75) is 51.0 Å². The molecule has 3 nitrogen and oxygen atoms in total. The summed E-state index contributed by atoms with van der Waals surface area (Å²) in [7, 11) is 0. The maximum absolute atomic E-state index is 13.6. The lowest BCUT2D eigenvalue weighted by molar-refractivity contribution is -0.0383. The quantitative estimate of drug-likeness (QED) is 0.440. The summed E-state index contributed by atoms with van der Waals surface area (Å²) in [4.78, 5) is 1.22. The van der Waals surface area contributed by atoms with Crippen molar-refractivity contribution in [2.24, 2.45) is 0 Å². The third kappa shape index (κ3) is 3.74. The van der Waals surface area contributed by atoms with Gasteiger partial charge in [-0.2, -0.15) is 5.10 Å². The van der Waals surface area contributed by atoms with Gasteiger partial charge in [0.05, 0.1) is 11.2 Å². The summed E-state index contributed by atoms with van der Waals surface area (Å²) in [6.07, 6.45) is 0.838. The molecule has 27 heavy (non-hydrogen) atoms. The lowest BCUT2D eigenvalue weighted by Crippen LogP contribution is -2.23. The Bertz CT molecular complexity index is 961. The summed E-state index contributed by atoms with van der Waals surface area (Å²) in [6, 6.07) is 5.92. The first kappa shape index (κ1) is 19.2. The Morgan fingerprint density at radius 2 is 2.15 bits per heavy atom. The molecule has 0 atom stereocenters. The van der Waals surface area contributed by atoms with Crippen LogP contribution in [0.25, 0.3) is 5.52 Å². The molecule has 0 unspecified atom stereocenters. The molecule has 1 fully saturated rings. The number of rotatable bonds is 4. The van der Waals surface area contributed by atoms with Crippen molar-refractivity contribution in [2.75, 3.05) is 5.32 Å².